The summed E-state index contributed by atoms with van der Waals surface area (Å²) in [5.41, 5.74) is 5.40. The van der Waals surface area contributed by atoms with Crippen molar-refractivity contribution in [3.63, 3.8) is 0 Å². The van der Waals surface area contributed by atoms with Crippen LogP contribution in [0.2, 0.25) is 10.0 Å². The topological polar surface area (TPSA) is 70.6 Å². The lowest BCUT2D eigenvalue weighted by Gasteiger charge is -2.08. The molecule has 0 saturated carbocycles. The molecule has 0 heterocycles. The molecule has 3 aromatic rings. The molecule has 0 aliphatic heterocycles. The highest BCUT2D eigenvalue weighted by atomic mass is 35.5. The van der Waals surface area contributed by atoms with Crippen molar-refractivity contribution in [2.75, 3.05) is 5.32 Å². The number of amides is 2. The number of hydrazone groups is 1. The summed E-state index contributed by atoms with van der Waals surface area (Å²) in [5, 5.41) is 7.58. The lowest BCUT2D eigenvalue weighted by Crippen LogP contribution is -2.18. The van der Waals surface area contributed by atoms with E-state index in [4.69, 9.17) is 23.2 Å². The average molecular weight is 426 g/mol. The Morgan fingerprint density at radius 2 is 1.52 bits per heavy atom. The van der Waals surface area contributed by atoms with Gasteiger partial charge < -0.3 is 5.32 Å². The van der Waals surface area contributed by atoms with E-state index in [1.165, 1.54) is 6.21 Å². The molecule has 0 aromatic heterocycles. The van der Waals surface area contributed by atoms with E-state index >= 15 is 0 Å². The van der Waals surface area contributed by atoms with Crippen LogP contribution in [0.15, 0.2) is 71.8 Å². The lowest BCUT2D eigenvalue weighted by molar-refractivity contribution is 0.0954. The van der Waals surface area contributed by atoms with Crippen molar-refractivity contribution >= 4 is 46.9 Å². The highest BCUT2D eigenvalue weighted by Gasteiger charge is 2.10. The summed E-state index contributed by atoms with van der Waals surface area (Å²) in [7, 11) is 0. The standard InChI is InChI=1S/C22H17Cl2N3O2/c1-14-5-2-3-6-17(14)22(29)26-16-11-9-15(10-12-16)21(28)27-25-13-18-19(23)7-4-8-20(18)24/h2-13H,1H3,(H,26,29)(H,27,28)/b25-13+. The molecule has 0 radical (unpaired) electrons. The molecule has 0 aliphatic carbocycles. The Balaban J connectivity index is 1.62. The highest BCUT2D eigenvalue weighted by Crippen LogP contribution is 2.22. The molecule has 2 amide bonds. The summed E-state index contributed by atoms with van der Waals surface area (Å²) in [6.07, 6.45) is 1.39. The number of hydrogen-bond donors (Lipinski definition) is 2. The van der Waals surface area contributed by atoms with Crippen LogP contribution in [0.3, 0.4) is 0 Å². The molecule has 0 bridgehead atoms. The van der Waals surface area contributed by atoms with E-state index in [1.807, 2.05) is 25.1 Å². The van der Waals surface area contributed by atoms with Crippen LogP contribution in [0.25, 0.3) is 0 Å². The molecule has 0 aliphatic rings. The number of nitrogens with zero attached hydrogens (tertiary/aromatic N) is 1. The van der Waals surface area contributed by atoms with Gasteiger partial charge in [-0.1, -0.05) is 47.5 Å². The first-order valence-corrected chi connectivity index (χ1v) is 9.46. The molecule has 5 nitrogen and oxygen atoms in total. The predicted octanol–water partition coefficient (Wildman–Crippen LogP) is 5.32. The minimum atomic E-state index is -0.402. The Labute approximate surface area is 178 Å². The van der Waals surface area contributed by atoms with Gasteiger partial charge >= 0.3 is 0 Å². The number of hydrogen-bond acceptors (Lipinski definition) is 3. The summed E-state index contributed by atoms with van der Waals surface area (Å²) < 4.78 is 0. The largest absolute Gasteiger partial charge is 0.322 e. The molecular weight excluding hydrogens is 409 g/mol. The van der Waals surface area contributed by atoms with Crippen molar-refractivity contribution < 1.29 is 9.59 Å². The molecule has 0 atom stereocenters. The van der Waals surface area contributed by atoms with Crippen molar-refractivity contribution in [2.24, 2.45) is 5.10 Å². The number of carbonyl (C=O) groups excluding carboxylic acids is 2. The molecule has 29 heavy (non-hydrogen) atoms. The van der Waals surface area contributed by atoms with Gasteiger partial charge in [-0.05, 0) is 55.0 Å². The fraction of sp³-hybridized carbons (Fsp3) is 0.0455. The summed E-state index contributed by atoms with van der Waals surface area (Å²) in [5.74, 6) is -0.609. The third kappa shape index (κ3) is 5.22. The lowest BCUT2D eigenvalue weighted by atomic mass is 10.1. The van der Waals surface area contributed by atoms with E-state index in [9.17, 15) is 9.59 Å². The normalized spacial score (nSPS) is 10.7. The minimum absolute atomic E-state index is 0.207. The van der Waals surface area contributed by atoms with Crippen LogP contribution >= 0.6 is 23.2 Å². The van der Waals surface area contributed by atoms with E-state index in [-0.39, 0.29) is 5.91 Å². The number of carbonyl (C=O) groups is 2. The van der Waals surface area contributed by atoms with Gasteiger partial charge in [0.2, 0.25) is 0 Å². The first kappa shape index (κ1) is 20.6. The molecule has 146 valence electrons. The van der Waals surface area contributed by atoms with Crippen molar-refractivity contribution in [1.82, 2.24) is 5.43 Å². The third-order valence-electron chi connectivity index (χ3n) is 4.15. The van der Waals surface area contributed by atoms with Gasteiger partial charge in [-0.2, -0.15) is 5.10 Å². The molecule has 3 rings (SSSR count). The van der Waals surface area contributed by atoms with Crippen LogP contribution < -0.4 is 10.7 Å². The fourth-order valence-electron chi connectivity index (χ4n) is 2.59. The summed E-state index contributed by atoms with van der Waals surface area (Å²) in [4.78, 5) is 24.6. The van der Waals surface area contributed by atoms with Gasteiger partial charge in [-0.3, -0.25) is 9.59 Å². The molecular formula is C22H17Cl2N3O2. The van der Waals surface area contributed by atoms with Crippen LogP contribution in [0, 0.1) is 6.92 Å². The van der Waals surface area contributed by atoms with Crippen molar-refractivity contribution in [3.05, 3.63) is 99.0 Å². The van der Waals surface area contributed by atoms with Crippen LogP contribution in [0.5, 0.6) is 0 Å². The molecule has 3 aromatic carbocycles. The SMILES string of the molecule is Cc1ccccc1C(=O)Nc1ccc(C(=O)N/N=C/c2c(Cl)cccc2Cl)cc1. The Kier molecular flexibility index (Phi) is 6.65. The van der Waals surface area contributed by atoms with E-state index in [0.717, 1.165) is 5.56 Å². The van der Waals surface area contributed by atoms with Gasteiger partial charge in [-0.15, -0.1) is 0 Å². The second-order valence-corrected chi connectivity index (χ2v) is 7.00. The monoisotopic (exact) mass is 425 g/mol. The van der Waals surface area contributed by atoms with Crippen molar-refractivity contribution in [1.29, 1.82) is 0 Å². The minimum Gasteiger partial charge on any atom is -0.322 e. The summed E-state index contributed by atoms with van der Waals surface area (Å²) in [6, 6.07) is 18.9. The number of anilines is 1. The Morgan fingerprint density at radius 1 is 0.862 bits per heavy atom. The van der Waals surface area contributed by atoms with Crippen LogP contribution in [-0.4, -0.2) is 18.0 Å². The fourth-order valence-corrected chi connectivity index (χ4v) is 3.08. The van der Waals surface area contributed by atoms with Gasteiger partial charge in [0.25, 0.3) is 11.8 Å². The van der Waals surface area contributed by atoms with Gasteiger partial charge in [0.15, 0.2) is 0 Å². The van der Waals surface area contributed by atoms with Crippen molar-refractivity contribution in [2.45, 2.75) is 6.92 Å². The van der Waals surface area contributed by atoms with E-state index in [1.54, 1.807) is 48.5 Å². The molecule has 7 heteroatoms. The van der Waals surface area contributed by atoms with Crippen molar-refractivity contribution in [3.8, 4) is 0 Å². The van der Waals surface area contributed by atoms with Gasteiger partial charge in [-0.25, -0.2) is 5.43 Å². The quantitative estimate of drug-likeness (QED) is 0.428. The van der Waals surface area contributed by atoms with Gasteiger partial charge in [0.1, 0.15) is 0 Å². The average Bonchev–Trinajstić information content (AvgIpc) is 2.71. The van der Waals surface area contributed by atoms with E-state index in [2.05, 4.69) is 15.8 Å². The maximum atomic E-state index is 12.4. The summed E-state index contributed by atoms with van der Waals surface area (Å²) >= 11 is 12.1. The zero-order chi connectivity index (χ0) is 20.8. The second-order valence-electron chi connectivity index (χ2n) is 6.18. The van der Waals surface area contributed by atoms with Crippen LogP contribution in [0.1, 0.15) is 31.8 Å². The zero-order valence-electron chi connectivity index (χ0n) is 15.4. The van der Waals surface area contributed by atoms with Crippen LogP contribution in [0.4, 0.5) is 5.69 Å². The number of benzene rings is 3. The first-order chi connectivity index (χ1) is 14.0. The molecule has 0 unspecified atom stereocenters. The van der Waals surface area contributed by atoms with E-state index in [0.29, 0.717) is 32.4 Å². The maximum Gasteiger partial charge on any atom is 0.271 e. The summed E-state index contributed by atoms with van der Waals surface area (Å²) in [6.45, 7) is 1.87. The maximum absolute atomic E-state index is 12.4. The molecule has 0 saturated heterocycles. The van der Waals surface area contributed by atoms with Gasteiger partial charge in [0.05, 0.1) is 16.3 Å². The first-order valence-electron chi connectivity index (χ1n) is 8.70. The van der Waals surface area contributed by atoms with Crippen LogP contribution in [-0.2, 0) is 0 Å². The number of nitrogens with one attached hydrogen (secondary N) is 2. The molecule has 0 fully saturated rings. The van der Waals surface area contributed by atoms with Gasteiger partial charge in [0, 0.05) is 22.4 Å². The molecule has 2 N–H and O–H groups in total. The number of aryl methyl sites for hydroxylation is 1. The Morgan fingerprint density at radius 3 is 2.17 bits per heavy atom. The number of rotatable bonds is 5. The smallest absolute Gasteiger partial charge is 0.271 e. The highest BCUT2D eigenvalue weighted by molar-refractivity contribution is 6.38. The molecule has 0 spiro atoms. The van der Waals surface area contributed by atoms with E-state index < -0.39 is 5.91 Å². The Hall–Kier alpha value is -3.15. The zero-order valence-corrected chi connectivity index (χ0v) is 17.0. The Bertz CT molecular complexity index is 1060. The predicted molar refractivity (Wildman–Crippen MR) is 117 cm³/mol. The third-order valence-corrected chi connectivity index (χ3v) is 4.81. The number of halogens is 2. The second kappa shape index (κ2) is 9.37.